The van der Waals surface area contributed by atoms with Crippen LogP contribution in [0.1, 0.15) is 42.9 Å². The van der Waals surface area contributed by atoms with Crippen molar-refractivity contribution in [3.63, 3.8) is 0 Å². The molecule has 2 unspecified atom stereocenters. The molecule has 2 atom stereocenters. The van der Waals surface area contributed by atoms with Crippen molar-refractivity contribution in [1.82, 2.24) is 0 Å². The van der Waals surface area contributed by atoms with Crippen molar-refractivity contribution in [1.29, 1.82) is 0 Å². The molecule has 23 heavy (non-hydrogen) atoms. The van der Waals surface area contributed by atoms with Crippen LogP contribution in [0.3, 0.4) is 0 Å². The number of fused-ring (bicyclic) bond motifs is 1. The molecule has 0 aliphatic carbocycles. The van der Waals surface area contributed by atoms with Crippen LogP contribution in [0.25, 0.3) is 0 Å². The van der Waals surface area contributed by atoms with Gasteiger partial charge in [-0.3, -0.25) is 4.79 Å². The Balaban J connectivity index is 1.86. The third-order valence-corrected chi connectivity index (χ3v) is 4.49. The van der Waals surface area contributed by atoms with Crippen LogP contribution in [0.15, 0.2) is 48.5 Å². The van der Waals surface area contributed by atoms with Gasteiger partial charge in [0, 0.05) is 23.0 Å². The number of hydrogen-bond acceptors (Lipinski definition) is 3. The number of rotatable bonds is 5. The van der Waals surface area contributed by atoms with Gasteiger partial charge in [0.25, 0.3) is 0 Å². The number of hydrogen-bond donors (Lipinski definition) is 1. The van der Waals surface area contributed by atoms with Crippen molar-refractivity contribution in [2.24, 2.45) is 0 Å². The summed E-state index contributed by atoms with van der Waals surface area (Å²) in [6, 6.07) is 16.4. The molecule has 0 fully saturated rings. The Morgan fingerprint density at radius 2 is 2.00 bits per heavy atom. The van der Waals surface area contributed by atoms with Crippen LogP contribution in [-0.2, 0) is 9.53 Å². The van der Waals surface area contributed by atoms with Crippen molar-refractivity contribution in [3.8, 4) is 0 Å². The summed E-state index contributed by atoms with van der Waals surface area (Å²) in [5, 5.41) is 4.28. The summed E-state index contributed by atoms with van der Waals surface area (Å²) in [6.07, 6.45) is 1.17. The summed E-state index contributed by atoms with van der Waals surface area (Å²) < 4.78 is 5.07. The molecule has 0 saturated carbocycles. The zero-order valence-corrected chi connectivity index (χ0v) is 13.8. The van der Waals surface area contributed by atoms with Gasteiger partial charge in [-0.05, 0) is 36.6 Å². The summed E-state index contributed by atoms with van der Waals surface area (Å²) in [4.78, 5) is 11.7. The second-order valence-corrected chi connectivity index (χ2v) is 6.15. The molecule has 1 aliphatic rings. The number of nitrogens with one attached hydrogen (secondary N) is 1. The van der Waals surface area contributed by atoms with E-state index in [-0.39, 0.29) is 17.9 Å². The van der Waals surface area contributed by atoms with Crippen LogP contribution in [0, 0.1) is 0 Å². The van der Waals surface area contributed by atoms with Crippen LogP contribution in [0.4, 0.5) is 5.69 Å². The number of carbonyl (C=O) groups excluding carboxylic acids is 1. The molecule has 120 valence electrons. The highest BCUT2D eigenvalue weighted by Gasteiger charge is 2.33. The van der Waals surface area contributed by atoms with Crippen LogP contribution >= 0.6 is 11.6 Å². The van der Waals surface area contributed by atoms with E-state index in [2.05, 4.69) is 23.5 Å². The van der Waals surface area contributed by atoms with E-state index in [0.29, 0.717) is 18.1 Å². The predicted molar refractivity (Wildman–Crippen MR) is 92.9 cm³/mol. The molecule has 2 aromatic rings. The molecule has 0 aromatic heterocycles. The van der Waals surface area contributed by atoms with Gasteiger partial charge in [0.15, 0.2) is 0 Å². The number of halogens is 1. The second kappa shape index (κ2) is 7.05. The van der Waals surface area contributed by atoms with Crippen LogP contribution < -0.4 is 5.32 Å². The first-order chi connectivity index (χ1) is 11.2. The minimum atomic E-state index is -0.137. The third-order valence-electron chi connectivity index (χ3n) is 4.25. The lowest BCUT2D eigenvalue weighted by molar-refractivity contribution is -0.143. The smallest absolute Gasteiger partial charge is 0.305 e. The summed E-state index contributed by atoms with van der Waals surface area (Å²) in [7, 11) is 0. The number of anilines is 1. The topological polar surface area (TPSA) is 38.3 Å². The average Bonchev–Trinajstić information content (AvgIpc) is 2.91. The molecular formula is C19H20ClNO2. The third kappa shape index (κ3) is 3.50. The monoisotopic (exact) mass is 329 g/mol. The van der Waals surface area contributed by atoms with Gasteiger partial charge in [-0.25, -0.2) is 0 Å². The highest BCUT2D eigenvalue weighted by molar-refractivity contribution is 6.30. The molecular weight excluding hydrogens is 310 g/mol. The zero-order chi connectivity index (χ0) is 16.2. The minimum Gasteiger partial charge on any atom is -0.466 e. The summed E-state index contributed by atoms with van der Waals surface area (Å²) in [6.45, 7) is 2.26. The lowest BCUT2D eigenvalue weighted by atomic mass is 9.87. The van der Waals surface area contributed by atoms with Gasteiger partial charge >= 0.3 is 5.97 Å². The minimum absolute atomic E-state index is 0.137. The largest absolute Gasteiger partial charge is 0.466 e. The number of esters is 1. The molecule has 1 aliphatic heterocycles. The van der Waals surface area contributed by atoms with E-state index in [9.17, 15) is 4.79 Å². The zero-order valence-electron chi connectivity index (χ0n) is 13.1. The highest BCUT2D eigenvalue weighted by Crippen LogP contribution is 2.47. The fraction of sp³-hybridized carbons (Fsp3) is 0.316. The standard InChI is InChI=1S/C19H20ClNO2/c1-2-23-18(22)11-10-16-15-9-8-14(20)12-17(15)21-19(16)13-6-4-3-5-7-13/h3-9,12,16,19,21H,2,10-11H2,1H3. The maximum atomic E-state index is 11.7. The molecule has 2 aromatic carbocycles. The maximum absolute atomic E-state index is 11.7. The molecule has 0 saturated heterocycles. The van der Waals surface area contributed by atoms with Gasteiger partial charge in [0.05, 0.1) is 12.6 Å². The van der Waals surface area contributed by atoms with E-state index in [4.69, 9.17) is 16.3 Å². The lowest BCUT2D eigenvalue weighted by Gasteiger charge is -2.20. The van der Waals surface area contributed by atoms with Gasteiger partial charge in [-0.2, -0.15) is 0 Å². The molecule has 0 spiro atoms. The Labute approximate surface area is 141 Å². The second-order valence-electron chi connectivity index (χ2n) is 5.71. The van der Waals surface area contributed by atoms with Gasteiger partial charge < -0.3 is 10.1 Å². The summed E-state index contributed by atoms with van der Waals surface area (Å²) >= 11 is 6.12. The van der Waals surface area contributed by atoms with Gasteiger partial charge in [-0.15, -0.1) is 0 Å². The molecule has 0 amide bonds. The Kier molecular flexibility index (Phi) is 4.87. The number of benzene rings is 2. The molecule has 1 heterocycles. The van der Waals surface area contributed by atoms with E-state index in [1.54, 1.807) is 0 Å². The van der Waals surface area contributed by atoms with Crippen LogP contribution in [0.2, 0.25) is 5.02 Å². The molecule has 3 rings (SSSR count). The quantitative estimate of drug-likeness (QED) is 0.790. The van der Waals surface area contributed by atoms with Crippen molar-refractivity contribution in [3.05, 3.63) is 64.7 Å². The van der Waals surface area contributed by atoms with Crippen molar-refractivity contribution >= 4 is 23.3 Å². The molecule has 0 radical (unpaired) electrons. The van der Waals surface area contributed by atoms with Crippen LogP contribution in [-0.4, -0.2) is 12.6 Å². The van der Waals surface area contributed by atoms with Crippen molar-refractivity contribution in [2.45, 2.75) is 31.7 Å². The van der Waals surface area contributed by atoms with E-state index < -0.39 is 0 Å². The molecule has 1 N–H and O–H groups in total. The first-order valence-electron chi connectivity index (χ1n) is 7.95. The Bertz CT molecular complexity index is 687. The summed E-state index contributed by atoms with van der Waals surface area (Å²) in [5.74, 6) is 0.0933. The molecule has 3 nitrogen and oxygen atoms in total. The lowest BCUT2D eigenvalue weighted by Crippen LogP contribution is -2.14. The van der Waals surface area contributed by atoms with Gasteiger partial charge in [0.2, 0.25) is 0 Å². The average molecular weight is 330 g/mol. The van der Waals surface area contributed by atoms with Crippen LogP contribution in [0.5, 0.6) is 0 Å². The summed E-state index contributed by atoms with van der Waals surface area (Å²) in [5.41, 5.74) is 3.49. The number of carbonyl (C=O) groups is 1. The molecule has 0 bridgehead atoms. The Morgan fingerprint density at radius 1 is 1.22 bits per heavy atom. The fourth-order valence-corrected chi connectivity index (χ4v) is 3.40. The highest BCUT2D eigenvalue weighted by atomic mass is 35.5. The first kappa shape index (κ1) is 15.9. The SMILES string of the molecule is CCOC(=O)CCC1c2ccc(Cl)cc2NC1c1ccccc1. The number of ether oxygens (including phenoxy) is 1. The van der Waals surface area contributed by atoms with Gasteiger partial charge in [-0.1, -0.05) is 48.0 Å². The Morgan fingerprint density at radius 3 is 2.74 bits per heavy atom. The van der Waals surface area contributed by atoms with Crippen molar-refractivity contribution in [2.75, 3.05) is 11.9 Å². The fourth-order valence-electron chi connectivity index (χ4n) is 3.23. The normalized spacial score (nSPS) is 19.0. The van der Waals surface area contributed by atoms with E-state index in [1.165, 1.54) is 11.1 Å². The molecule has 4 heteroatoms. The maximum Gasteiger partial charge on any atom is 0.305 e. The van der Waals surface area contributed by atoms with E-state index >= 15 is 0 Å². The first-order valence-corrected chi connectivity index (χ1v) is 8.33. The van der Waals surface area contributed by atoms with E-state index in [0.717, 1.165) is 12.1 Å². The van der Waals surface area contributed by atoms with E-state index in [1.807, 2.05) is 37.3 Å². The van der Waals surface area contributed by atoms with Crippen molar-refractivity contribution < 1.29 is 9.53 Å². The predicted octanol–water partition coefficient (Wildman–Crippen LogP) is 4.93. The van der Waals surface area contributed by atoms with Gasteiger partial charge in [0.1, 0.15) is 0 Å². The Hall–Kier alpha value is -2.00.